The maximum absolute atomic E-state index is 13.6. The summed E-state index contributed by atoms with van der Waals surface area (Å²) in [5.41, 5.74) is 1.56. The van der Waals surface area contributed by atoms with Crippen molar-refractivity contribution in [3.63, 3.8) is 0 Å². The summed E-state index contributed by atoms with van der Waals surface area (Å²) >= 11 is 0. The monoisotopic (exact) mass is 385 g/mol. The van der Waals surface area contributed by atoms with Gasteiger partial charge in [0.2, 0.25) is 0 Å². The number of nitrogens with zero attached hydrogens (tertiary/aromatic N) is 2. The molecule has 0 radical (unpaired) electrons. The van der Waals surface area contributed by atoms with Gasteiger partial charge < -0.3 is 19.9 Å². The molecule has 1 aliphatic heterocycles. The predicted octanol–water partition coefficient (Wildman–Crippen LogP) is 2.75. The van der Waals surface area contributed by atoms with Crippen LogP contribution in [0.4, 0.5) is 10.1 Å². The van der Waals surface area contributed by atoms with E-state index in [0.717, 1.165) is 0 Å². The number of halogens is 1. The Morgan fingerprint density at radius 1 is 1.18 bits per heavy atom. The van der Waals surface area contributed by atoms with E-state index in [1.54, 1.807) is 42.2 Å². The lowest BCUT2D eigenvalue weighted by Crippen LogP contribution is -2.38. The van der Waals surface area contributed by atoms with Crippen LogP contribution in [0.1, 0.15) is 22.8 Å². The molecule has 2 aromatic carbocycles. The normalized spacial score (nSPS) is 15.6. The van der Waals surface area contributed by atoms with Gasteiger partial charge in [0.15, 0.2) is 11.9 Å². The average molecular weight is 385 g/mol. The fourth-order valence-corrected chi connectivity index (χ4v) is 2.99. The average Bonchev–Trinajstić information content (AvgIpc) is 2.65. The summed E-state index contributed by atoms with van der Waals surface area (Å²) in [5, 5.41) is 2.76. The van der Waals surface area contributed by atoms with Crippen LogP contribution in [0, 0.1) is 5.82 Å². The Morgan fingerprint density at radius 3 is 2.64 bits per heavy atom. The Hall–Kier alpha value is -2.93. The van der Waals surface area contributed by atoms with E-state index in [9.17, 15) is 14.0 Å². The summed E-state index contributed by atoms with van der Waals surface area (Å²) in [5.74, 6) is -0.448. The standard InChI is InChI=1S/C21H24FN3O3/c1-14-20(26)23-18-9-5-8-17(19(18)28-14)21(27)25(11-10-24(2)3)13-15-6-4-7-16(22)12-15/h4-9,12,14H,10-11,13H2,1-3H3,(H,23,26). The zero-order chi connectivity index (χ0) is 20.3. The Balaban J connectivity index is 1.91. The predicted molar refractivity (Wildman–Crippen MR) is 105 cm³/mol. The minimum atomic E-state index is -0.681. The molecule has 28 heavy (non-hydrogen) atoms. The topological polar surface area (TPSA) is 61.9 Å². The molecular weight excluding hydrogens is 361 g/mol. The number of nitrogens with one attached hydrogen (secondary N) is 1. The fourth-order valence-electron chi connectivity index (χ4n) is 2.99. The summed E-state index contributed by atoms with van der Waals surface area (Å²) in [6.45, 7) is 3.03. The van der Waals surface area contributed by atoms with Crippen LogP contribution in [-0.4, -0.2) is 54.9 Å². The zero-order valence-electron chi connectivity index (χ0n) is 16.2. The molecule has 0 spiro atoms. The second-order valence-electron chi connectivity index (χ2n) is 7.09. The summed E-state index contributed by atoms with van der Waals surface area (Å²) in [7, 11) is 3.85. The Kier molecular flexibility index (Phi) is 5.94. The number of hydrogen-bond donors (Lipinski definition) is 1. The van der Waals surface area contributed by atoms with E-state index in [2.05, 4.69) is 5.32 Å². The maximum atomic E-state index is 13.6. The van der Waals surface area contributed by atoms with Crippen LogP contribution in [0.2, 0.25) is 0 Å². The molecule has 1 heterocycles. The molecule has 0 bridgehead atoms. The van der Waals surface area contributed by atoms with Crippen molar-refractivity contribution < 1.29 is 18.7 Å². The third-order valence-corrected chi connectivity index (χ3v) is 4.53. The van der Waals surface area contributed by atoms with E-state index >= 15 is 0 Å². The summed E-state index contributed by atoms with van der Waals surface area (Å²) in [6.07, 6.45) is -0.681. The number of likely N-dealkylation sites (N-methyl/N-ethyl adjacent to an activating group) is 1. The molecule has 3 rings (SSSR count). The number of anilines is 1. The van der Waals surface area contributed by atoms with Crippen LogP contribution in [0.5, 0.6) is 5.75 Å². The first kappa shape index (κ1) is 19.8. The maximum Gasteiger partial charge on any atom is 0.265 e. The van der Waals surface area contributed by atoms with E-state index in [1.165, 1.54) is 12.1 Å². The quantitative estimate of drug-likeness (QED) is 0.831. The number of fused-ring (bicyclic) bond motifs is 1. The van der Waals surface area contributed by atoms with Gasteiger partial charge in [-0.05, 0) is 50.8 Å². The van der Waals surface area contributed by atoms with E-state index < -0.39 is 6.10 Å². The molecule has 1 atom stereocenters. The number of para-hydroxylation sites is 1. The van der Waals surface area contributed by atoms with Crippen molar-refractivity contribution in [2.45, 2.75) is 19.6 Å². The molecule has 0 fully saturated rings. The minimum Gasteiger partial charge on any atom is -0.478 e. The largest absolute Gasteiger partial charge is 0.478 e. The first-order valence-electron chi connectivity index (χ1n) is 9.14. The Morgan fingerprint density at radius 2 is 1.93 bits per heavy atom. The molecule has 0 aromatic heterocycles. The molecule has 0 saturated carbocycles. The van der Waals surface area contributed by atoms with Gasteiger partial charge in [0.25, 0.3) is 11.8 Å². The van der Waals surface area contributed by atoms with E-state index in [1.807, 2.05) is 19.0 Å². The molecular formula is C21H24FN3O3. The number of rotatable bonds is 6. The lowest BCUT2D eigenvalue weighted by atomic mass is 10.1. The molecule has 2 aromatic rings. The Bertz CT molecular complexity index is 885. The molecule has 2 amide bonds. The molecule has 148 valence electrons. The number of carbonyl (C=O) groups excluding carboxylic acids is 2. The molecule has 0 saturated heterocycles. The highest BCUT2D eigenvalue weighted by Gasteiger charge is 2.29. The van der Waals surface area contributed by atoms with Crippen molar-refractivity contribution in [2.75, 3.05) is 32.5 Å². The lowest BCUT2D eigenvalue weighted by Gasteiger charge is -2.28. The molecule has 1 unspecified atom stereocenters. The van der Waals surface area contributed by atoms with Gasteiger partial charge in [0.1, 0.15) is 5.82 Å². The Labute approximate surface area is 163 Å². The first-order chi connectivity index (χ1) is 13.3. The number of ether oxygens (including phenoxy) is 1. The minimum absolute atomic E-state index is 0.230. The van der Waals surface area contributed by atoms with Crippen LogP contribution in [0.15, 0.2) is 42.5 Å². The summed E-state index contributed by atoms with van der Waals surface area (Å²) < 4.78 is 19.3. The van der Waals surface area contributed by atoms with E-state index in [0.29, 0.717) is 35.7 Å². The lowest BCUT2D eigenvalue weighted by molar-refractivity contribution is -0.122. The molecule has 1 N–H and O–H groups in total. The molecule has 0 aliphatic carbocycles. The number of amides is 2. The summed E-state index contributed by atoms with van der Waals surface area (Å²) in [4.78, 5) is 28.8. The molecule has 1 aliphatic rings. The van der Waals surface area contributed by atoms with Gasteiger partial charge in [-0.1, -0.05) is 18.2 Å². The highest BCUT2D eigenvalue weighted by atomic mass is 19.1. The fraction of sp³-hybridized carbons (Fsp3) is 0.333. The zero-order valence-corrected chi connectivity index (χ0v) is 16.2. The van der Waals surface area contributed by atoms with Crippen LogP contribution >= 0.6 is 0 Å². The van der Waals surface area contributed by atoms with Gasteiger partial charge in [-0.25, -0.2) is 4.39 Å². The van der Waals surface area contributed by atoms with E-state index in [4.69, 9.17) is 4.74 Å². The summed E-state index contributed by atoms with van der Waals surface area (Å²) in [6, 6.07) is 11.3. The molecule has 6 nitrogen and oxygen atoms in total. The van der Waals surface area contributed by atoms with Crippen LogP contribution in [0.25, 0.3) is 0 Å². The molecule has 7 heteroatoms. The van der Waals surface area contributed by atoms with Gasteiger partial charge in [-0.3, -0.25) is 9.59 Å². The second kappa shape index (κ2) is 8.39. The number of carbonyl (C=O) groups is 2. The van der Waals surface area contributed by atoms with Gasteiger partial charge >= 0.3 is 0 Å². The van der Waals surface area contributed by atoms with Crippen molar-refractivity contribution in [1.82, 2.24) is 9.80 Å². The van der Waals surface area contributed by atoms with Gasteiger partial charge in [0.05, 0.1) is 11.3 Å². The van der Waals surface area contributed by atoms with Crippen molar-refractivity contribution in [3.8, 4) is 5.75 Å². The van der Waals surface area contributed by atoms with Crippen LogP contribution in [0.3, 0.4) is 0 Å². The van der Waals surface area contributed by atoms with Crippen LogP contribution in [-0.2, 0) is 11.3 Å². The third-order valence-electron chi connectivity index (χ3n) is 4.53. The highest BCUT2D eigenvalue weighted by molar-refractivity contribution is 6.04. The number of benzene rings is 2. The third kappa shape index (κ3) is 4.48. The van der Waals surface area contributed by atoms with Crippen molar-refractivity contribution in [1.29, 1.82) is 0 Å². The SMILES string of the molecule is CC1Oc2c(cccc2C(=O)N(CCN(C)C)Cc2cccc(F)c2)NC1=O. The highest BCUT2D eigenvalue weighted by Crippen LogP contribution is 2.34. The van der Waals surface area contributed by atoms with Crippen molar-refractivity contribution >= 4 is 17.5 Å². The van der Waals surface area contributed by atoms with Crippen molar-refractivity contribution in [2.24, 2.45) is 0 Å². The van der Waals surface area contributed by atoms with Crippen LogP contribution < -0.4 is 10.1 Å². The van der Waals surface area contributed by atoms with Gasteiger partial charge in [-0.2, -0.15) is 0 Å². The smallest absolute Gasteiger partial charge is 0.265 e. The van der Waals surface area contributed by atoms with E-state index in [-0.39, 0.29) is 24.2 Å². The van der Waals surface area contributed by atoms with Gasteiger partial charge in [0, 0.05) is 19.6 Å². The van der Waals surface area contributed by atoms with Crippen molar-refractivity contribution in [3.05, 3.63) is 59.4 Å². The second-order valence-corrected chi connectivity index (χ2v) is 7.09. The van der Waals surface area contributed by atoms with Gasteiger partial charge in [-0.15, -0.1) is 0 Å². The first-order valence-corrected chi connectivity index (χ1v) is 9.14. The number of hydrogen-bond acceptors (Lipinski definition) is 4.